The lowest BCUT2D eigenvalue weighted by atomic mass is 10.1. The molecule has 0 fully saturated rings. The first kappa shape index (κ1) is 12.2. The summed E-state index contributed by atoms with van der Waals surface area (Å²) < 4.78 is 9.83. The minimum atomic E-state index is -0.790. The Morgan fingerprint density at radius 3 is 2.50 bits per heavy atom. The van der Waals surface area contributed by atoms with Crippen LogP contribution >= 0.6 is 0 Å². The van der Waals surface area contributed by atoms with Crippen LogP contribution in [0.25, 0.3) is 11.0 Å². The summed E-state index contributed by atoms with van der Waals surface area (Å²) in [5.74, 6) is -1.01. The number of nitrogens with two attached hydrogens (primary N) is 1. The van der Waals surface area contributed by atoms with Gasteiger partial charge >= 0.3 is 5.97 Å². The van der Waals surface area contributed by atoms with E-state index in [1.165, 1.54) is 7.11 Å². The Kier molecular flexibility index (Phi) is 2.82. The van der Waals surface area contributed by atoms with Gasteiger partial charge in [-0.05, 0) is 37.1 Å². The lowest BCUT2D eigenvalue weighted by molar-refractivity contribution is 0.0599. The van der Waals surface area contributed by atoms with E-state index in [0.29, 0.717) is 11.0 Å². The van der Waals surface area contributed by atoms with Crippen LogP contribution in [0.15, 0.2) is 21.3 Å². The van der Waals surface area contributed by atoms with Crippen LogP contribution in [0.1, 0.15) is 21.5 Å². The van der Waals surface area contributed by atoms with Gasteiger partial charge in [0, 0.05) is 0 Å². The molecule has 2 N–H and O–H groups in total. The van der Waals surface area contributed by atoms with Crippen molar-refractivity contribution in [2.45, 2.75) is 13.8 Å². The summed E-state index contributed by atoms with van der Waals surface area (Å²) in [7, 11) is 1.19. The molecular formula is C13H13NO4. The van der Waals surface area contributed by atoms with Crippen molar-refractivity contribution in [3.8, 4) is 0 Å². The van der Waals surface area contributed by atoms with Gasteiger partial charge in [-0.2, -0.15) is 0 Å². The summed E-state index contributed by atoms with van der Waals surface area (Å²) in [6.07, 6.45) is 0. The van der Waals surface area contributed by atoms with Crippen LogP contribution in [-0.2, 0) is 4.74 Å². The van der Waals surface area contributed by atoms with Crippen molar-refractivity contribution in [1.82, 2.24) is 0 Å². The lowest BCUT2D eigenvalue weighted by Gasteiger charge is -2.06. The van der Waals surface area contributed by atoms with Gasteiger partial charge in [-0.1, -0.05) is 0 Å². The summed E-state index contributed by atoms with van der Waals surface area (Å²) in [5, 5.41) is 0.327. The molecular weight excluding hydrogens is 234 g/mol. The number of aryl methyl sites for hydroxylation is 2. The molecule has 0 radical (unpaired) electrons. The summed E-state index contributed by atoms with van der Waals surface area (Å²) in [6, 6.07) is 3.41. The van der Waals surface area contributed by atoms with Crippen LogP contribution in [0.5, 0.6) is 0 Å². The van der Waals surface area contributed by atoms with E-state index in [1.54, 1.807) is 12.1 Å². The maximum atomic E-state index is 12.2. The third-order valence-corrected chi connectivity index (χ3v) is 2.92. The Labute approximate surface area is 103 Å². The Hall–Kier alpha value is -2.30. The number of esters is 1. The highest BCUT2D eigenvalue weighted by Gasteiger charge is 2.20. The largest absolute Gasteiger partial charge is 0.465 e. The summed E-state index contributed by atoms with van der Waals surface area (Å²) in [4.78, 5) is 23.7. The van der Waals surface area contributed by atoms with Crippen LogP contribution in [0.4, 0.5) is 5.88 Å². The molecule has 0 amide bonds. The normalized spacial score (nSPS) is 10.6. The molecule has 5 heteroatoms. The predicted molar refractivity (Wildman–Crippen MR) is 67.7 cm³/mol. The summed E-state index contributed by atoms with van der Waals surface area (Å²) in [6.45, 7) is 3.78. The van der Waals surface area contributed by atoms with Crippen molar-refractivity contribution in [1.29, 1.82) is 0 Å². The Balaban J connectivity index is 2.90. The number of methoxy groups -OCH3 is 1. The van der Waals surface area contributed by atoms with Gasteiger partial charge in [0.05, 0.1) is 12.5 Å². The molecule has 0 aliphatic rings. The van der Waals surface area contributed by atoms with Gasteiger partial charge in [-0.25, -0.2) is 4.79 Å². The molecule has 0 atom stereocenters. The van der Waals surface area contributed by atoms with Crippen molar-refractivity contribution < 1.29 is 13.9 Å². The SMILES string of the molecule is COC(=O)c1c(N)oc2cc(C)c(C)cc2c1=O. The highest BCUT2D eigenvalue weighted by molar-refractivity contribution is 5.97. The van der Waals surface area contributed by atoms with Crippen molar-refractivity contribution in [2.75, 3.05) is 12.8 Å². The first-order valence-corrected chi connectivity index (χ1v) is 5.37. The molecule has 18 heavy (non-hydrogen) atoms. The number of nitrogen functional groups attached to an aromatic ring is 1. The fraction of sp³-hybridized carbons (Fsp3) is 0.231. The number of fused-ring (bicyclic) bond motifs is 1. The molecule has 0 aliphatic heterocycles. The molecule has 0 aliphatic carbocycles. The van der Waals surface area contributed by atoms with Crippen molar-refractivity contribution in [3.63, 3.8) is 0 Å². The highest BCUT2D eigenvalue weighted by Crippen LogP contribution is 2.21. The maximum Gasteiger partial charge on any atom is 0.347 e. The second kappa shape index (κ2) is 4.18. The fourth-order valence-corrected chi connectivity index (χ4v) is 1.76. The molecule has 0 saturated heterocycles. The maximum absolute atomic E-state index is 12.2. The fourth-order valence-electron chi connectivity index (χ4n) is 1.76. The highest BCUT2D eigenvalue weighted by atomic mass is 16.5. The zero-order chi connectivity index (χ0) is 13.4. The van der Waals surface area contributed by atoms with Gasteiger partial charge < -0.3 is 14.9 Å². The van der Waals surface area contributed by atoms with Crippen LogP contribution in [0.3, 0.4) is 0 Å². The van der Waals surface area contributed by atoms with E-state index in [-0.39, 0.29) is 11.4 Å². The molecule has 2 aromatic rings. The number of ether oxygens (including phenoxy) is 1. The van der Waals surface area contributed by atoms with E-state index in [0.717, 1.165) is 11.1 Å². The second-order valence-electron chi connectivity index (χ2n) is 4.09. The van der Waals surface area contributed by atoms with E-state index in [2.05, 4.69) is 4.74 Å². The molecule has 1 aromatic heterocycles. The Morgan fingerprint density at radius 2 is 1.89 bits per heavy atom. The molecule has 0 saturated carbocycles. The van der Waals surface area contributed by atoms with E-state index in [9.17, 15) is 9.59 Å². The van der Waals surface area contributed by atoms with E-state index in [4.69, 9.17) is 10.2 Å². The zero-order valence-corrected chi connectivity index (χ0v) is 10.4. The molecule has 94 valence electrons. The number of rotatable bonds is 1. The quantitative estimate of drug-likeness (QED) is 0.776. The van der Waals surface area contributed by atoms with Crippen molar-refractivity contribution >= 4 is 22.8 Å². The minimum absolute atomic E-state index is 0.220. The predicted octanol–water partition coefficient (Wildman–Crippen LogP) is 1.78. The topological polar surface area (TPSA) is 82.5 Å². The van der Waals surface area contributed by atoms with Crippen LogP contribution in [-0.4, -0.2) is 13.1 Å². The zero-order valence-electron chi connectivity index (χ0n) is 10.4. The third-order valence-electron chi connectivity index (χ3n) is 2.92. The number of hydrogen-bond donors (Lipinski definition) is 1. The van der Waals surface area contributed by atoms with Crippen LogP contribution in [0.2, 0.25) is 0 Å². The summed E-state index contributed by atoms with van der Waals surface area (Å²) >= 11 is 0. The minimum Gasteiger partial charge on any atom is -0.465 e. The molecule has 1 aromatic carbocycles. The van der Waals surface area contributed by atoms with Crippen molar-refractivity contribution in [2.24, 2.45) is 0 Å². The Bertz CT molecular complexity index is 700. The second-order valence-corrected chi connectivity index (χ2v) is 4.09. The van der Waals surface area contributed by atoms with E-state index < -0.39 is 11.4 Å². The number of carbonyl (C=O) groups is 1. The number of anilines is 1. The molecule has 2 rings (SSSR count). The standard InChI is InChI=1S/C13H13NO4/c1-6-4-8-9(5-7(6)2)18-12(14)10(11(8)15)13(16)17-3/h4-5H,14H2,1-3H3. The average molecular weight is 247 g/mol. The van der Waals surface area contributed by atoms with Crippen LogP contribution < -0.4 is 11.2 Å². The summed E-state index contributed by atoms with van der Waals surface area (Å²) in [5.41, 5.74) is 7.15. The van der Waals surface area contributed by atoms with E-state index >= 15 is 0 Å². The molecule has 1 heterocycles. The van der Waals surface area contributed by atoms with E-state index in [1.807, 2.05) is 13.8 Å². The van der Waals surface area contributed by atoms with Crippen molar-refractivity contribution in [3.05, 3.63) is 39.0 Å². The van der Waals surface area contributed by atoms with Gasteiger partial charge in [-0.3, -0.25) is 4.79 Å². The molecule has 5 nitrogen and oxygen atoms in total. The molecule has 0 unspecified atom stereocenters. The monoisotopic (exact) mass is 247 g/mol. The van der Waals surface area contributed by atoms with Gasteiger partial charge in [0.25, 0.3) is 0 Å². The lowest BCUT2D eigenvalue weighted by Crippen LogP contribution is -2.19. The van der Waals surface area contributed by atoms with Crippen LogP contribution in [0, 0.1) is 13.8 Å². The molecule has 0 bridgehead atoms. The number of benzene rings is 1. The smallest absolute Gasteiger partial charge is 0.347 e. The average Bonchev–Trinajstić information content (AvgIpc) is 2.32. The third kappa shape index (κ3) is 1.73. The first-order chi connectivity index (χ1) is 8.45. The number of hydrogen-bond acceptors (Lipinski definition) is 5. The van der Waals surface area contributed by atoms with Gasteiger partial charge in [0.15, 0.2) is 5.56 Å². The number of carbonyl (C=O) groups excluding carboxylic acids is 1. The first-order valence-electron chi connectivity index (χ1n) is 5.37. The van der Waals surface area contributed by atoms with Gasteiger partial charge in [0.2, 0.25) is 11.3 Å². The molecule has 0 spiro atoms. The van der Waals surface area contributed by atoms with Gasteiger partial charge in [-0.15, -0.1) is 0 Å². The van der Waals surface area contributed by atoms with Gasteiger partial charge in [0.1, 0.15) is 5.58 Å². The Morgan fingerprint density at radius 1 is 1.28 bits per heavy atom.